The number of hydrogen-bond acceptors (Lipinski definition) is 8. The van der Waals surface area contributed by atoms with Crippen LogP contribution in [0.4, 0.5) is 0 Å². The Balaban J connectivity index is 1.27. The van der Waals surface area contributed by atoms with Crippen LogP contribution in [-0.2, 0) is 32.7 Å². The van der Waals surface area contributed by atoms with Crippen LogP contribution in [0.5, 0.6) is 0 Å². The third kappa shape index (κ3) is 5.77. The fourth-order valence-corrected chi connectivity index (χ4v) is 5.90. The maximum absolute atomic E-state index is 12.9. The van der Waals surface area contributed by atoms with Crippen LogP contribution in [0.15, 0.2) is 12.2 Å². The van der Waals surface area contributed by atoms with E-state index in [0.29, 0.717) is 19.6 Å². The Morgan fingerprint density at radius 1 is 1.12 bits per heavy atom. The lowest BCUT2D eigenvalue weighted by Gasteiger charge is -2.25. The van der Waals surface area contributed by atoms with Gasteiger partial charge in [0.25, 0.3) is 0 Å². The van der Waals surface area contributed by atoms with Crippen molar-refractivity contribution in [3.63, 3.8) is 0 Å². The highest BCUT2D eigenvalue weighted by molar-refractivity contribution is 7.52. The average Bonchev–Trinajstić information content (AvgIpc) is 3.31. The van der Waals surface area contributed by atoms with Crippen molar-refractivity contribution in [2.24, 2.45) is 11.8 Å². The number of carbonyl (C=O) groups excluding carboxylic acids is 3. The van der Waals surface area contributed by atoms with E-state index in [0.717, 1.165) is 19.3 Å². The second-order valence-corrected chi connectivity index (χ2v) is 11.5. The molecule has 10 nitrogen and oxygen atoms in total. The number of rotatable bonds is 14. The molecule has 3 heterocycles. The molecule has 1 N–H and O–H groups in total. The number of imide groups is 1. The molecular weight excluding hydrogens is 461 g/mol. The van der Waals surface area contributed by atoms with Gasteiger partial charge in [-0.3, -0.25) is 23.8 Å². The zero-order chi connectivity index (χ0) is 25.0. The maximum Gasteiger partial charge on any atom is 0.327 e. The summed E-state index contributed by atoms with van der Waals surface area (Å²) < 4.78 is 28.3. The number of amides is 3. The van der Waals surface area contributed by atoms with Crippen LogP contribution in [0.3, 0.4) is 0 Å². The monoisotopic (exact) mass is 495 g/mol. The number of unbranched alkanes of at least 4 members (excludes halogenated alkanes) is 3. The fourth-order valence-electron chi connectivity index (χ4n) is 4.94. The first-order valence-electron chi connectivity index (χ1n) is 11.8. The average molecular weight is 496 g/mol. The van der Waals surface area contributed by atoms with Crippen LogP contribution in [0, 0.1) is 23.2 Å². The molecule has 188 valence electrons. The van der Waals surface area contributed by atoms with Crippen molar-refractivity contribution in [3.05, 3.63) is 12.2 Å². The number of fused-ring (bicyclic) bond motifs is 5. The molecule has 11 heteroatoms. The molecule has 34 heavy (non-hydrogen) atoms. The van der Waals surface area contributed by atoms with E-state index in [1.807, 2.05) is 32.1 Å². The van der Waals surface area contributed by atoms with E-state index in [9.17, 15) is 18.9 Å². The molecule has 3 aliphatic rings. The van der Waals surface area contributed by atoms with Gasteiger partial charge in [-0.05, 0) is 26.7 Å². The van der Waals surface area contributed by atoms with Gasteiger partial charge in [0, 0.05) is 26.2 Å². The molecule has 0 radical (unpaired) electrons. The number of carbonyl (C=O) groups is 3. The van der Waals surface area contributed by atoms with Crippen LogP contribution in [0.2, 0.25) is 0 Å². The Kier molecular flexibility index (Phi) is 8.35. The molecule has 2 fully saturated rings. The third-order valence-corrected chi connectivity index (χ3v) is 7.94. The van der Waals surface area contributed by atoms with Gasteiger partial charge in [-0.1, -0.05) is 25.0 Å². The van der Waals surface area contributed by atoms with Crippen LogP contribution < -0.4 is 5.32 Å². The van der Waals surface area contributed by atoms with Gasteiger partial charge in [-0.15, -0.1) is 0 Å². The molecule has 3 amide bonds. The van der Waals surface area contributed by atoms with Crippen LogP contribution in [0.25, 0.3) is 0 Å². The molecule has 0 spiro atoms. The highest BCUT2D eigenvalue weighted by atomic mass is 31.2. The molecule has 3 aliphatic heterocycles. The van der Waals surface area contributed by atoms with Crippen LogP contribution in [-0.4, -0.2) is 66.8 Å². The van der Waals surface area contributed by atoms with Gasteiger partial charge < -0.3 is 19.1 Å². The van der Waals surface area contributed by atoms with Crippen LogP contribution >= 0.6 is 7.60 Å². The van der Waals surface area contributed by atoms with E-state index in [4.69, 9.17) is 19.0 Å². The molecule has 5 atom stereocenters. The van der Waals surface area contributed by atoms with Crippen molar-refractivity contribution in [2.45, 2.75) is 63.6 Å². The van der Waals surface area contributed by atoms with Crippen molar-refractivity contribution >= 4 is 25.3 Å². The molecule has 0 aromatic rings. The first-order chi connectivity index (χ1) is 16.0. The first-order valence-corrected chi connectivity index (χ1v) is 13.8. The fraction of sp³-hybridized carbons (Fsp3) is 0.739. The summed E-state index contributed by atoms with van der Waals surface area (Å²) in [5.41, 5.74) is -1.51. The summed E-state index contributed by atoms with van der Waals surface area (Å²) >= 11 is 0. The summed E-state index contributed by atoms with van der Waals surface area (Å²) in [7, 11) is -3.11. The minimum Gasteiger partial charge on any atom is -0.359 e. The number of likely N-dealkylation sites (tertiary alicyclic amines) is 1. The summed E-state index contributed by atoms with van der Waals surface area (Å²) in [5.74, 6) is -1.75. The number of nitrogens with zero attached hydrogens (tertiary/aromatic N) is 2. The Morgan fingerprint density at radius 3 is 2.32 bits per heavy atom. The smallest absolute Gasteiger partial charge is 0.327 e. The third-order valence-electron chi connectivity index (χ3n) is 6.64. The Morgan fingerprint density at radius 2 is 1.71 bits per heavy atom. The summed E-state index contributed by atoms with van der Waals surface area (Å²) in [6.45, 7) is 6.04. The Bertz CT molecular complexity index is 896. The van der Waals surface area contributed by atoms with E-state index in [1.165, 1.54) is 11.6 Å². The SMILES string of the molecule is C[C@]12C=C[C@](C)(O1)[C@@H]1C(=O)N(CCC(=O)NCCCCCCOP(C)(=O)OCCC#N)C(=O)[C@@H]12. The van der Waals surface area contributed by atoms with Crippen molar-refractivity contribution in [1.29, 1.82) is 5.26 Å². The lowest BCUT2D eigenvalue weighted by atomic mass is 9.73. The van der Waals surface area contributed by atoms with Gasteiger partial charge in [-0.2, -0.15) is 5.26 Å². The quantitative estimate of drug-likeness (QED) is 0.168. The number of nitriles is 1. The molecule has 2 bridgehead atoms. The van der Waals surface area contributed by atoms with Gasteiger partial charge in [0.15, 0.2) is 0 Å². The second-order valence-electron chi connectivity index (χ2n) is 9.45. The summed E-state index contributed by atoms with van der Waals surface area (Å²) in [6, 6.07) is 1.92. The van der Waals surface area contributed by atoms with Gasteiger partial charge in [0.1, 0.15) is 0 Å². The van der Waals surface area contributed by atoms with E-state index < -0.39 is 30.6 Å². The summed E-state index contributed by atoms with van der Waals surface area (Å²) in [5, 5.41) is 11.3. The molecule has 0 aliphatic carbocycles. The maximum atomic E-state index is 12.9. The highest BCUT2D eigenvalue weighted by Crippen LogP contribution is 2.56. The predicted octanol–water partition coefficient (Wildman–Crippen LogP) is 2.54. The zero-order valence-corrected chi connectivity index (χ0v) is 21.0. The molecular formula is C23H34N3O7P. The van der Waals surface area contributed by atoms with Crippen LogP contribution in [0.1, 0.15) is 52.4 Å². The van der Waals surface area contributed by atoms with Crippen molar-refractivity contribution in [3.8, 4) is 6.07 Å². The van der Waals surface area contributed by atoms with Crippen molar-refractivity contribution in [2.75, 3.05) is 33.0 Å². The Labute approximate surface area is 200 Å². The van der Waals surface area contributed by atoms with E-state index >= 15 is 0 Å². The van der Waals surface area contributed by atoms with E-state index in [2.05, 4.69) is 5.32 Å². The highest BCUT2D eigenvalue weighted by Gasteiger charge is 2.70. The molecule has 2 saturated heterocycles. The topological polar surface area (TPSA) is 135 Å². The second kappa shape index (κ2) is 10.7. The molecule has 0 aromatic heterocycles. The molecule has 0 aromatic carbocycles. The lowest BCUT2D eigenvalue weighted by Crippen LogP contribution is -2.41. The van der Waals surface area contributed by atoms with Gasteiger partial charge in [0.2, 0.25) is 17.7 Å². The van der Waals surface area contributed by atoms with Gasteiger partial charge in [-0.25, -0.2) is 0 Å². The molecule has 1 unspecified atom stereocenters. The zero-order valence-electron chi connectivity index (χ0n) is 20.1. The van der Waals surface area contributed by atoms with Crippen molar-refractivity contribution in [1.82, 2.24) is 10.2 Å². The first kappa shape index (κ1) is 26.6. The van der Waals surface area contributed by atoms with E-state index in [-0.39, 0.29) is 43.7 Å². The number of hydrogen-bond donors (Lipinski definition) is 1. The lowest BCUT2D eigenvalue weighted by molar-refractivity contribution is -0.146. The number of nitrogens with one attached hydrogen (secondary N) is 1. The van der Waals surface area contributed by atoms with Gasteiger partial charge in [0.05, 0.1) is 48.7 Å². The standard InChI is InChI=1S/C23H34N3O7P/c1-22-10-11-23(2,33-22)19-18(22)20(28)26(21(19)29)14-9-17(27)25-13-6-4-5-7-15-31-34(3,30)32-16-8-12-24/h10-11,18-19H,4-9,13-16H2,1-3H3,(H,25,27)/t18-,19+,22-,23+,34?. The summed E-state index contributed by atoms with van der Waals surface area (Å²) in [6.07, 6.45) is 7.18. The normalized spacial score (nSPS) is 30.9. The number of ether oxygens (including phenoxy) is 1. The molecule has 3 rings (SSSR count). The van der Waals surface area contributed by atoms with Crippen molar-refractivity contribution < 1.29 is 32.7 Å². The largest absolute Gasteiger partial charge is 0.359 e. The Hall–Kier alpha value is -2.05. The van der Waals surface area contributed by atoms with E-state index in [1.54, 1.807) is 0 Å². The van der Waals surface area contributed by atoms with Gasteiger partial charge >= 0.3 is 7.60 Å². The molecule has 0 saturated carbocycles. The minimum absolute atomic E-state index is 0.0735. The predicted molar refractivity (Wildman–Crippen MR) is 122 cm³/mol. The minimum atomic E-state index is -3.11. The summed E-state index contributed by atoms with van der Waals surface area (Å²) in [4.78, 5) is 39.2.